The van der Waals surface area contributed by atoms with Crippen LogP contribution in [0.3, 0.4) is 0 Å². The van der Waals surface area contributed by atoms with Gasteiger partial charge in [-0.1, -0.05) is 36.4 Å². The Bertz CT molecular complexity index is 3020. The third-order valence-electron chi connectivity index (χ3n) is 9.92. The fourth-order valence-electron chi connectivity index (χ4n) is 7.51. The standard InChI is InChI=1S/C45H27N4STe/c1-2-10-30(11-3-1)49-39-15-7-4-12-32(39)37-26-31(20-23-40(37)49)48-27-38(28-18-21-34-33-13-5-8-16-41(33)50-42(34)24-28)46-45(47-48)29-19-22-36-35-14-6-9-17-43(35)51-44(36)25-29/h1-27H/q+1. The smallest absolute Gasteiger partial charge is 0.0380 e. The van der Waals surface area contributed by atoms with E-state index in [1.165, 1.54) is 59.6 Å². The summed E-state index contributed by atoms with van der Waals surface area (Å²) in [5, 5.41) is 13.0. The summed E-state index contributed by atoms with van der Waals surface area (Å²) in [5.41, 5.74) is 7.51. The molecule has 11 rings (SSSR count). The number of rotatable bonds is 4. The number of nitrogens with zero attached hydrogens (tertiary/aromatic N) is 4. The first-order valence-corrected chi connectivity index (χ1v) is 20.1. The second-order valence-corrected chi connectivity index (χ2v) is 17.1. The molecule has 0 amide bonds. The summed E-state index contributed by atoms with van der Waals surface area (Å²) in [5.74, 6) is 0.724. The van der Waals surface area contributed by atoms with E-state index in [0.29, 0.717) is 0 Å². The van der Waals surface area contributed by atoms with Crippen LogP contribution in [0.5, 0.6) is 0 Å². The molecule has 6 heteroatoms. The molecule has 0 aliphatic rings. The molecule has 7 aromatic carbocycles. The summed E-state index contributed by atoms with van der Waals surface area (Å²) in [6.45, 7) is 0. The van der Waals surface area contributed by atoms with Crippen LogP contribution in [0.1, 0.15) is 0 Å². The first-order valence-electron chi connectivity index (χ1n) is 17.0. The monoisotopic (exact) mass is 785 g/mol. The molecule has 0 aliphatic heterocycles. The molecular formula is C45H27N4STe+. The van der Waals surface area contributed by atoms with Crippen molar-refractivity contribution in [2.45, 2.75) is 0 Å². The van der Waals surface area contributed by atoms with Crippen LogP contribution in [0.4, 0.5) is 0 Å². The van der Waals surface area contributed by atoms with E-state index >= 15 is 0 Å². The van der Waals surface area contributed by atoms with Gasteiger partial charge in [-0.25, -0.2) is 0 Å². The molecule has 0 unspecified atom stereocenters. The van der Waals surface area contributed by atoms with Gasteiger partial charge in [0.2, 0.25) is 0 Å². The normalized spacial score (nSPS) is 11.9. The number of para-hydroxylation sites is 2. The number of hydrogen-bond acceptors (Lipinski definition) is 3. The third kappa shape index (κ3) is 4.68. The van der Waals surface area contributed by atoms with Gasteiger partial charge in [-0.15, -0.1) is 0 Å². The Morgan fingerprint density at radius 2 is 1.22 bits per heavy atom. The topological polar surface area (TPSA) is 34.6 Å². The van der Waals surface area contributed by atoms with Crippen LogP contribution < -0.4 is 4.68 Å². The van der Waals surface area contributed by atoms with Gasteiger partial charge in [0.15, 0.2) is 0 Å². The van der Waals surface area contributed by atoms with Crippen molar-refractivity contribution < 1.29 is 4.68 Å². The summed E-state index contributed by atoms with van der Waals surface area (Å²) >= 11 is 1.36. The largest absolute Gasteiger partial charge is 0.0602 e. The Labute approximate surface area is 306 Å². The van der Waals surface area contributed by atoms with Crippen LogP contribution in [0.25, 0.3) is 93.6 Å². The van der Waals surface area contributed by atoms with Crippen LogP contribution in [-0.4, -0.2) is 35.1 Å². The van der Waals surface area contributed by atoms with Crippen molar-refractivity contribution in [1.29, 1.82) is 0 Å². The minimum atomic E-state index is -0.475. The molecule has 238 valence electrons. The van der Waals surface area contributed by atoms with Crippen LogP contribution in [0.2, 0.25) is 0 Å². The van der Waals surface area contributed by atoms with Crippen molar-refractivity contribution in [2.75, 3.05) is 0 Å². The summed E-state index contributed by atoms with van der Waals surface area (Å²) in [4.78, 5) is 5.27. The Kier molecular flexibility index (Phi) is 6.54. The molecular weight excluding hydrogens is 756 g/mol. The van der Waals surface area contributed by atoms with Gasteiger partial charge in [-0.3, -0.25) is 0 Å². The van der Waals surface area contributed by atoms with Gasteiger partial charge in [-0.05, 0) is 12.1 Å². The Morgan fingerprint density at radius 3 is 2.14 bits per heavy atom. The second-order valence-electron chi connectivity index (χ2n) is 12.9. The molecule has 11 aromatic rings. The van der Waals surface area contributed by atoms with Gasteiger partial charge in [0.1, 0.15) is 0 Å². The zero-order valence-corrected chi connectivity index (χ0v) is 30.3. The fraction of sp³-hybridized carbons (Fsp3) is 0. The van der Waals surface area contributed by atoms with E-state index in [1.54, 1.807) is 0 Å². The van der Waals surface area contributed by atoms with Gasteiger partial charge < -0.3 is 0 Å². The molecule has 4 aromatic heterocycles. The molecule has 0 atom stereocenters. The zero-order chi connectivity index (χ0) is 33.5. The van der Waals surface area contributed by atoms with Crippen molar-refractivity contribution in [3.8, 4) is 34.0 Å². The van der Waals surface area contributed by atoms with Crippen LogP contribution >= 0.6 is 11.3 Å². The van der Waals surface area contributed by atoms with E-state index < -0.39 is 20.4 Å². The molecule has 51 heavy (non-hydrogen) atoms. The van der Waals surface area contributed by atoms with E-state index in [1.807, 2.05) is 16.0 Å². The minimum absolute atomic E-state index is 0.475. The third-order valence-corrected chi connectivity index (χ3v) is 14.3. The van der Waals surface area contributed by atoms with E-state index in [-0.39, 0.29) is 0 Å². The average molecular weight is 783 g/mol. The Balaban J connectivity index is 1.13. The summed E-state index contributed by atoms with van der Waals surface area (Å²) in [6, 6.07) is 57.0. The maximum atomic E-state index is 5.27. The molecule has 0 radical (unpaired) electrons. The van der Waals surface area contributed by atoms with Gasteiger partial charge >= 0.3 is 260 Å². The first kappa shape index (κ1) is 29.1. The van der Waals surface area contributed by atoms with Crippen molar-refractivity contribution in [2.24, 2.45) is 0 Å². The molecule has 0 saturated carbocycles. The summed E-state index contributed by atoms with van der Waals surface area (Å²) in [7, 11) is 0. The van der Waals surface area contributed by atoms with Crippen LogP contribution in [-0.2, 0) is 0 Å². The quantitative estimate of drug-likeness (QED) is 0.132. The molecule has 0 aliphatic carbocycles. The maximum Gasteiger partial charge on any atom is -0.0380 e. The van der Waals surface area contributed by atoms with E-state index in [9.17, 15) is 0 Å². The number of hydrogen-bond donors (Lipinski definition) is 0. The van der Waals surface area contributed by atoms with Crippen molar-refractivity contribution >= 4 is 91.3 Å². The van der Waals surface area contributed by atoms with Crippen molar-refractivity contribution in [1.82, 2.24) is 14.6 Å². The number of benzene rings is 7. The molecule has 0 fully saturated rings. The Morgan fingerprint density at radius 1 is 0.510 bits per heavy atom. The fourth-order valence-corrected chi connectivity index (χ4v) is 11.9. The molecule has 4 heterocycles. The number of thiophene rings is 1. The van der Waals surface area contributed by atoms with E-state index in [4.69, 9.17) is 10.1 Å². The van der Waals surface area contributed by atoms with Gasteiger partial charge in [0.25, 0.3) is 0 Å². The maximum absolute atomic E-state index is 5.27. The number of aromatic nitrogens is 4. The average Bonchev–Trinajstić information content (AvgIpc) is 3.86. The van der Waals surface area contributed by atoms with Gasteiger partial charge in [0, 0.05) is 0 Å². The summed E-state index contributed by atoms with van der Waals surface area (Å²) in [6.07, 6.45) is 2.09. The van der Waals surface area contributed by atoms with Crippen molar-refractivity contribution in [3.05, 3.63) is 164 Å². The first-order chi connectivity index (χ1) is 25.2. The van der Waals surface area contributed by atoms with Gasteiger partial charge in [-0.2, -0.15) is 0 Å². The van der Waals surface area contributed by atoms with E-state index in [0.717, 1.165) is 34.0 Å². The van der Waals surface area contributed by atoms with Gasteiger partial charge in [0.05, 0.1) is 0 Å². The Hall–Kier alpha value is -5.64. The van der Waals surface area contributed by atoms with Crippen LogP contribution in [0.15, 0.2) is 164 Å². The summed E-state index contributed by atoms with van der Waals surface area (Å²) < 4.78 is 9.88. The van der Waals surface area contributed by atoms with Crippen molar-refractivity contribution in [3.63, 3.8) is 0 Å². The van der Waals surface area contributed by atoms with Crippen LogP contribution in [0, 0.1) is 0 Å². The SMILES string of the molecule is c1ccc(-n2c3ccccc3c3cc(-[n+]4cc(-c5ccc6c(c5)sc5ccccc56)nc(-c5ccc6c(c5)[te]c5ccccc56)n4)ccc32)cc1. The molecule has 0 bridgehead atoms. The predicted octanol–water partition coefficient (Wildman–Crippen LogP) is 10.9. The molecule has 4 nitrogen and oxygen atoms in total. The predicted molar refractivity (Wildman–Crippen MR) is 214 cm³/mol. The van der Waals surface area contributed by atoms with E-state index in [2.05, 4.69) is 168 Å². The zero-order valence-electron chi connectivity index (χ0n) is 27.2. The minimum Gasteiger partial charge on any atom is -0.0602 e. The molecule has 0 N–H and O–H groups in total. The molecule has 0 spiro atoms. The number of fused-ring (bicyclic) bond motifs is 9. The molecule has 0 saturated heterocycles. The second kappa shape index (κ2) is 11.4.